The van der Waals surface area contributed by atoms with E-state index in [1.807, 2.05) is 0 Å². The monoisotopic (exact) mass is 371 g/mol. The number of hydrogen-bond donors (Lipinski definition) is 0. The van der Waals surface area contributed by atoms with Gasteiger partial charge in [0.25, 0.3) is 11.8 Å². The Kier molecular flexibility index (Phi) is 4.72. The van der Waals surface area contributed by atoms with Crippen LogP contribution in [-0.4, -0.2) is 46.2 Å². The number of carbonyl (C=O) groups is 3. The minimum Gasteiger partial charge on any atom is -0.493 e. The molecule has 0 radical (unpaired) electrons. The predicted molar refractivity (Wildman–Crippen MR) is 95.0 cm³/mol. The number of esters is 1. The number of benzene rings is 2. The second-order valence-electron chi connectivity index (χ2n) is 5.52. The summed E-state index contributed by atoms with van der Waals surface area (Å²) < 4.78 is 20.8. The fourth-order valence-electron chi connectivity index (χ4n) is 3.02. The Morgan fingerprint density at radius 2 is 1.41 bits per heavy atom. The van der Waals surface area contributed by atoms with Crippen molar-refractivity contribution in [3.05, 3.63) is 47.0 Å². The minimum absolute atomic E-state index is 0.00626. The van der Waals surface area contributed by atoms with E-state index in [0.29, 0.717) is 0 Å². The van der Waals surface area contributed by atoms with Gasteiger partial charge < -0.3 is 18.9 Å². The highest BCUT2D eigenvalue weighted by Crippen LogP contribution is 2.48. The molecule has 140 valence electrons. The van der Waals surface area contributed by atoms with E-state index < -0.39 is 17.8 Å². The first-order valence-electron chi connectivity index (χ1n) is 7.89. The highest BCUT2D eigenvalue weighted by Gasteiger charge is 2.41. The van der Waals surface area contributed by atoms with E-state index in [9.17, 15) is 14.4 Å². The van der Waals surface area contributed by atoms with E-state index in [1.54, 1.807) is 24.3 Å². The molecular weight excluding hydrogens is 354 g/mol. The first kappa shape index (κ1) is 18.2. The van der Waals surface area contributed by atoms with Crippen molar-refractivity contribution >= 4 is 23.5 Å². The number of ether oxygens (including phenoxy) is 4. The lowest BCUT2D eigenvalue weighted by Gasteiger charge is -2.23. The van der Waals surface area contributed by atoms with Gasteiger partial charge in [0.2, 0.25) is 5.75 Å². The molecule has 0 fully saturated rings. The summed E-state index contributed by atoms with van der Waals surface area (Å²) in [5.74, 6) is -1.58. The largest absolute Gasteiger partial charge is 0.493 e. The molecule has 0 saturated carbocycles. The van der Waals surface area contributed by atoms with Crippen LogP contribution in [0.2, 0.25) is 0 Å². The number of amides is 2. The van der Waals surface area contributed by atoms with Crippen molar-refractivity contribution in [2.75, 3.05) is 33.3 Å². The molecule has 2 aromatic carbocycles. The van der Waals surface area contributed by atoms with Gasteiger partial charge in [-0.05, 0) is 12.1 Å². The Hall–Kier alpha value is -3.55. The van der Waals surface area contributed by atoms with Gasteiger partial charge in [-0.25, -0.2) is 9.69 Å². The fourth-order valence-corrected chi connectivity index (χ4v) is 3.02. The second-order valence-corrected chi connectivity index (χ2v) is 5.52. The van der Waals surface area contributed by atoms with Crippen molar-refractivity contribution in [3.8, 4) is 17.2 Å². The van der Waals surface area contributed by atoms with Crippen LogP contribution in [0.3, 0.4) is 0 Å². The SMILES string of the molecule is COC(=O)c1cc(OC)c(OC)c(OC)c1N1C(=O)c2ccccc2C1=O. The predicted octanol–water partition coefficient (Wildman–Crippen LogP) is 2.30. The van der Waals surface area contributed by atoms with Gasteiger partial charge in [0.05, 0.1) is 45.1 Å². The zero-order valence-electron chi connectivity index (χ0n) is 15.2. The van der Waals surface area contributed by atoms with Crippen molar-refractivity contribution in [2.45, 2.75) is 0 Å². The summed E-state index contributed by atoms with van der Waals surface area (Å²) in [5, 5.41) is 0. The van der Waals surface area contributed by atoms with Crippen LogP contribution >= 0.6 is 0 Å². The molecule has 0 unspecified atom stereocenters. The van der Waals surface area contributed by atoms with E-state index in [-0.39, 0.29) is 39.6 Å². The van der Waals surface area contributed by atoms with E-state index >= 15 is 0 Å². The molecule has 2 aromatic rings. The van der Waals surface area contributed by atoms with Gasteiger partial charge in [0, 0.05) is 6.07 Å². The third kappa shape index (κ3) is 2.66. The van der Waals surface area contributed by atoms with Gasteiger partial charge in [-0.2, -0.15) is 0 Å². The molecule has 3 rings (SSSR count). The van der Waals surface area contributed by atoms with Crippen LogP contribution in [0.15, 0.2) is 30.3 Å². The molecule has 8 nitrogen and oxygen atoms in total. The summed E-state index contributed by atoms with van der Waals surface area (Å²) in [5.41, 5.74) is 0.333. The van der Waals surface area contributed by atoms with Crippen molar-refractivity contribution < 1.29 is 33.3 Å². The number of imide groups is 1. The molecule has 27 heavy (non-hydrogen) atoms. The number of rotatable bonds is 5. The van der Waals surface area contributed by atoms with Gasteiger partial charge in [-0.15, -0.1) is 0 Å². The van der Waals surface area contributed by atoms with E-state index in [0.717, 1.165) is 4.90 Å². The maximum absolute atomic E-state index is 12.9. The molecule has 2 amide bonds. The molecule has 1 aliphatic heterocycles. The summed E-state index contributed by atoms with van der Waals surface area (Å²) in [4.78, 5) is 39.1. The number of anilines is 1. The fraction of sp³-hybridized carbons (Fsp3) is 0.211. The lowest BCUT2D eigenvalue weighted by atomic mass is 10.1. The van der Waals surface area contributed by atoms with Crippen molar-refractivity contribution in [2.24, 2.45) is 0 Å². The van der Waals surface area contributed by atoms with Crippen LogP contribution in [-0.2, 0) is 4.74 Å². The quantitative estimate of drug-likeness (QED) is 0.588. The average molecular weight is 371 g/mol. The third-order valence-corrected chi connectivity index (χ3v) is 4.23. The Balaban J connectivity index is 2.33. The minimum atomic E-state index is -0.763. The molecule has 0 spiro atoms. The summed E-state index contributed by atoms with van der Waals surface area (Å²) in [7, 11) is 5.29. The molecule has 8 heteroatoms. The summed E-state index contributed by atoms with van der Waals surface area (Å²) in [6, 6.07) is 7.73. The van der Waals surface area contributed by atoms with Crippen LogP contribution in [0.5, 0.6) is 17.2 Å². The average Bonchev–Trinajstić information content (AvgIpc) is 2.96. The number of hydrogen-bond acceptors (Lipinski definition) is 7. The Bertz CT molecular complexity index is 916. The number of methoxy groups -OCH3 is 4. The lowest BCUT2D eigenvalue weighted by molar-refractivity contribution is 0.0601. The van der Waals surface area contributed by atoms with E-state index in [1.165, 1.54) is 34.5 Å². The lowest BCUT2D eigenvalue weighted by Crippen LogP contribution is -2.31. The molecule has 0 aromatic heterocycles. The van der Waals surface area contributed by atoms with Crippen LogP contribution in [0, 0.1) is 0 Å². The Morgan fingerprint density at radius 3 is 1.85 bits per heavy atom. The molecular formula is C19H17NO7. The normalized spacial score (nSPS) is 12.7. The first-order valence-corrected chi connectivity index (χ1v) is 7.89. The van der Waals surface area contributed by atoms with Gasteiger partial charge in [0.15, 0.2) is 11.5 Å². The maximum atomic E-state index is 12.9. The Labute approximate surface area is 155 Å². The number of carbonyl (C=O) groups excluding carboxylic acids is 3. The third-order valence-electron chi connectivity index (χ3n) is 4.23. The summed E-state index contributed by atoms with van der Waals surface area (Å²) >= 11 is 0. The van der Waals surface area contributed by atoms with Crippen LogP contribution in [0.1, 0.15) is 31.1 Å². The molecule has 0 saturated heterocycles. The molecule has 1 aliphatic rings. The highest BCUT2D eigenvalue weighted by molar-refractivity contribution is 6.36. The number of fused-ring (bicyclic) bond motifs is 1. The van der Waals surface area contributed by atoms with Gasteiger partial charge in [-0.1, -0.05) is 12.1 Å². The second kappa shape index (κ2) is 6.99. The van der Waals surface area contributed by atoms with E-state index in [2.05, 4.69) is 0 Å². The molecule has 0 bridgehead atoms. The first-order chi connectivity index (χ1) is 13.0. The number of nitrogens with zero attached hydrogens (tertiary/aromatic N) is 1. The van der Waals surface area contributed by atoms with Crippen LogP contribution in [0.25, 0.3) is 0 Å². The molecule has 0 N–H and O–H groups in total. The van der Waals surface area contributed by atoms with Gasteiger partial charge >= 0.3 is 5.97 Å². The van der Waals surface area contributed by atoms with Crippen LogP contribution in [0.4, 0.5) is 5.69 Å². The van der Waals surface area contributed by atoms with E-state index in [4.69, 9.17) is 18.9 Å². The zero-order chi connectivity index (χ0) is 19.7. The maximum Gasteiger partial charge on any atom is 0.340 e. The van der Waals surface area contributed by atoms with Gasteiger partial charge in [-0.3, -0.25) is 9.59 Å². The summed E-state index contributed by atoms with van der Waals surface area (Å²) in [6.45, 7) is 0. The van der Waals surface area contributed by atoms with Crippen molar-refractivity contribution in [1.82, 2.24) is 0 Å². The van der Waals surface area contributed by atoms with Gasteiger partial charge in [0.1, 0.15) is 5.69 Å². The topological polar surface area (TPSA) is 91.4 Å². The Morgan fingerprint density at radius 1 is 0.852 bits per heavy atom. The molecule has 1 heterocycles. The van der Waals surface area contributed by atoms with Crippen molar-refractivity contribution in [1.29, 1.82) is 0 Å². The molecule has 0 atom stereocenters. The van der Waals surface area contributed by atoms with Crippen molar-refractivity contribution in [3.63, 3.8) is 0 Å². The smallest absolute Gasteiger partial charge is 0.340 e. The summed E-state index contributed by atoms with van der Waals surface area (Å²) in [6.07, 6.45) is 0. The standard InChI is InChI=1S/C19H17NO7/c1-24-13-9-12(19(23)27-4)14(16(26-3)15(13)25-2)20-17(21)10-7-5-6-8-11(10)18(20)22/h5-9H,1-4H3. The highest BCUT2D eigenvalue weighted by atomic mass is 16.5. The molecule has 0 aliphatic carbocycles. The van der Waals surface area contributed by atoms with Crippen LogP contribution < -0.4 is 19.1 Å². The zero-order valence-corrected chi connectivity index (χ0v) is 15.2.